The first-order valence-corrected chi connectivity index (χ1v) is 8.61. The molecule has 18 heavy (non-hydrogen) atoms. The molecule has 0 spiro atoms. The highest BCUT2D eigenvalue weighted by Gasteiger charge is 2.25. The van der Waals surface area contributed by atoms with Crippen LogP contribution in [0.5, 0.6) is 0 Å². The summed E-state index contributed by atoms with van der Waals surface area (Å²) in [6.07, 6.45) is 1.31. The molecule has 0 amide bonds. The lowest BCUT2D eigenvalue weighted by Crippen LogP contribution is -2.08. The highest BCUT2D eigenvalue weighted by Crippen LogP contribution is 2.55. The fourth-order valence-electron chi connectivity index (χ4n) is 2.18. The zero-order chi connectivity index (χ0) is 12.2. The zero-order valence-electron chi connectivity index (χ0n) is 9.95. The fraction of sp³-hybridized carbons (Fsp3) is 0.200. The van der Waals surface area contributed by atoms with Gasteiger partial charge >= 0.3 is 0 Å². The van der Waals surface area contributed by atoms with Gasteiger partial charge in [-0.1, -0.05) is 60.7 Å². The van der Waals surface area contributed by atoms with Crippen molar-refractivity contribution in [1.82, 2.24) is 0 Å². The van der Waals surface area contributed by atoms with Crippen LogP contribution in [0.15, 0.2) is 60.7 Å². The Morgan fingerprint density at radius 1 is 0.889 bits per heavy atom. The SMILES string of the molecule is c1ccc([C@H]2C[C@H](c3ccccc3)SPO2)cc1. The minimum Gasteiger partial charge on any atom is -0.343 e. The van der Waals surface area contributed by atoms with Crippen molar-refractivity contribution in [2.24, 2.45) is 0 Å². The van der Waals surface area contributed by atoms with Crippen LogP contribution in [0.3, 0.4) is 0 Å². The monoisotopic (exact) mass is 274 g/mol. The molecule has 1 aliphatic heterocycles. The minimum atomic E-state index is 0.246. The van der Waals surface area contributed by atoms with Crippen LogP contribution in [0.1, 0.15) is 28.9 Å². The van der Waals surface area contributed by atoms with Gasteiger partial charge in [0.05, 0.1) is 14.1 Å². The summed E-state index contributed by atoms with van der Waals surface area (Å²) in [4.78, 5) is 0. The molecule has 3 rings (SSSR count). The van der Waals surface area contributed by atoms with E-state index in [0.29, 0.717) is 13.3 Å². The maximum absolute atomic E-state index is 5.91. The Balaban J connectivity index is 1.77. The molecule has 3 heteroatoms. The van der Waals surface area contributed by atoms with Crippen molar-refractivity contribution in [3.05, 3.63) is 71.8 Å². The first-order valence-electron chi connectivity index (χ1n) is 6.09. The molecule has 0 aliphatic carbocycles. The van der Waals surface area contributed by atoms with Crippen LogP contribution >= 0.6 is 19.4 Å². The lowest BCUT2D eigenvalue weighted by atomic mass is 10.0. The predicted molar refractivity (Wildman–Crippen MR) is 80.0 cm³/mol. The van der Waals surface area contributed by atoms with Crippen molar-refractivity contribution in [1.29, 1.82) is 0 Å². The molecule has 2 aromatic carbocycles. The standard InChI is InChI=1S/C15H15OPS/c1-3-7-12(8-4-1)14-11-15(18-17-16-14)13-9-5-2-6-10-13/h1-10,14-15,17H,11H2/t14-,15-/m1/s1. The first kappa shape index (κ1) is 12.2. The van der Waals surface area contributed by atoms with E-state index in [-0.39, 0.29) is 6.10 Å². The van der Waals surface area contributed by atoms with Crippen molar-refractivity contribution in [3.8, 4) is 0 Å². The van der Waals surface area contributed by atoms with Crippen molar-refractivity contribution >= 4 is 19.4 Å². The molecule has 2 aromatic rings. The number of hydrogen-bond donors (Lipinski definition) is 0. The lowest BCUT2D eigenvalue weighted by molar-refractivity contribution is 0.225. The van der Waals surface area contributed by atoms with Gasteiger partial charge in [-0.25, -0.2) is 0 Å². The van der Waals surface area contributed by atoms with Crippen molar-refractivity contribution in [2.75, 3.05) is 0 Å². The predicted octanol–water partition coefficient (Wildman–Crippen LogP) is 5.13. The summed E-state index contributed by atoms with van der Waals surface area (Å²) < 4.78 is 5.91. The van der Waals surface area contributed by atoms with Crippen LogP contribution in [-0.2, 0) is 4.52 Å². The van der Waals surface area contributed by atoms with E-state index in [1.165, 1.54) is 11.1 Å². The maximum atomic E-state index is 5.91. The highest BCUT2D eigenvalue weighted by atomic mass is 32.7. The molecular weight excluding hydrogens is 259 g/mol. The molecule has 0 N–H and O–H groups in total. The van der Waals surface area contributed by atoms with E-state index in [1.807, 2.05) is 11.4 Å². The summed E-state index contributed by atoms with van der Waals surface area (Å²) in [5.74, 6) is 0. The van der Waals surface area contributed by atoms with Gasteiger partial charge in [-0.2, -0.15) is 0 Å². The van der Waals surface area contributed by atoms with Gasteiger partial charge < -0.3 is 4.52 Å². The van der Waals surface area contributed by atoms with E-state index in [2.05, 4.69) is 60.7 Å². The van der Waals surface area contributed by atoms with Crippen molar-refractivity contribution in [3.63, 3.8) is 0 Å². The third-order valence-electron chi connectivity index (χ3n) is 3.15. The van der Waals surface area contributed by atoms with E-state index >= 15 is 0 Å². The van der Waals surface area contributed by atoms with Gasteiger partial charge in [0.25, 0.3) is 0 Å². The molecule has 1 saturated heterocycles. The molecule has 3 atom stereocenters. The molecule has 1 heterocycles. The summed E-state index contributed by atoms with van der Waals surface area (Å²) in [6.45, 7) is 0. The van der Waals surface area contributed by atoms with Crippen LogP contribution in [0.4, 0.5) is 0 Å². The van der Waals surface area contributed by atoms with Gasteiger partial charge in [0.2, 0.25) is 0 Å². The van der Waals surface area contributed by atoms with E-state index in [0.717, 1.165) is 6.42 Å². The van der Waals surface area contributed by atoms with Crippen LogP contribution in [0.2, 0.25) is 0 Å². The molecule has 1 aliphatic rings. The Bertz CT molecular complexity index is 443. The summed E-state index contributed by atoms with van der Waals surface area (Å²) >= 11 is 1.92. The Morgan fingerprint density at radius 3 is 2.17 bits per heavy atom. The van der Waals surface area contributed by atoms with Crippen molar-refractivity contribution in [2.45, 2.75) is 17.8 Å². The molecule has 0 radical (unpaired) electrons. The fourth-order valence-corrected chi connectivity index (χ4v) is 4.82. The molecule has 1 unspecified atom stereocenters. The highest BCUT2D eigenvalue weighted by molar-refractivity contribution is 8.48. The smallest absolute Gasteiger partial charge is 0.0889 e. The van der Waals surface area contributed by atoms with Gasteiger partial charge in [0, 0.05) is 5.25 Å². The molecule has 1 fully saturated rings. The zero-order valence-corrected chi connectivity index (χ0v) is 11.8. The second-order valence-corrected chi connectivity index (χ2v) is 6.77. The van der Waals surface area contributed by atoms with Gasteiger partial charge in [-0.3, -0.25) is 0 Å². The van der Waals surface area contributed by atoms with Gasteiger partial charge in [-0.05, 0) is 17.5 Å². The van der Waals surface area contributed by atoms with Crippen LogP contribution in [0.25, 0.3) is 0 Å². The average Bonchev–Trinajstić information content (AvgIpc) is 2.49. The third-order valence-corrected chi connectivity index (χ3v) is 5.81. The Kier molecular flexibility index (Phi) is 3.99. The molecule has 1 nitrogen and oxygen atoms in total. The molecule has 0 bridgehead atoms. The quantitative estimate of drug-likeness (QED) is 0.702. The third kappa shape index (κ3) is 2.77. The Morgan fingerprint density at radius 2 is 1.50 bits per heavy atom. The van der Waals surface area contributed by atoms with E-state index in [1.54, 1.807) is 0 Å². The second kappa shape index (κ2) is 5.88. The van der Waals surface area contributed by atoms with Crippen LogP contribution in [-0.4, -0.2) is 0 Å². The topological polar surface area (TPSA) is 9.23 Å². The summed E-state index contributed by atoms with van der Waals surface area (Å²) in [5, 5.41) is 0.559. The maximum Gasteiger partial charge on any atom is 0.0889 e. The van der Waals surface area contributed by atoms with E-state index in [4.69, 9.17) is 4.52 Å². The van der Waals surface area contributed by atoms with Crippen LogP contribution < -0.4 is 0 Å². The summed E-state index contributed by atoms with van der Waals surface area (Å²) in [7, 11) is 0.530. The van der Waals surface area contributed by atoms with Gasteiger partial charge in [0.15, 0.2) is 0 Å². The first-order chi connectivity index (χ1) is 8.93. The van der Waals surface area contributed by atoms with E-state index in [9.17, 15) is 0 Å². The molecular formula is C15H15OPS. The number of benzene rings is 2. The van der Waals surface area contributed by atoms with E-state index < -0.39 is 0 Å². The summed E-state index contributed by atoms with van der Waals surface area (Å²) in [6, 6.07) is 21.3. The van der Waals surface area contributed by atoms with Gasteiger partial charge in [0.1, 0.15) is 0 Å². The normalized spacial score (nSPS) is 25.1. The largest absolute Gasteiger partial charge is 0.343 e. The number of rotatable bonds is 2. The van der Waals surface area contributed by atoms with Gasteiger partial charge in [-0.15, -0.1) is 11.4 Å². The minimum absolute atomic E-state index is 0.246. The molecule has 92 valence electrons. The number of hydrogen-bond acceptors (Lipinski definition) is 2. The van der Waals surface area contributed by atoms with Crippen molar-refractivity contribution < 1.29 is 4.52 Å². The lowest BCUT2D eigenvalue weighted by Gasteiger charge is -2.29. The average molecular weight is 274 g/mol. The van der Waals surface area contributed by atoms with Crippen LogP contribution in [0, 0.1) is 0 Å². The second-order valence-electron chi connectivity index (χ2n) is 4.35. The Labute approximate surface area is 114 Å². The Hall–Kier alpha value is -0.820. The molecule has 0 saturated carbocycles. The molecule has 0 aromatic heterocycles. The summed E-state index contributed by atoms with van der Waals surface area (Å²) in [5.41, 5.74) is 2.71.